The molecule has 0 aliphatic carbocycles. The standard InChI is InChI=1S/C13H16O3/c1-3-12(15-8-13-9-16-13)4-2-10(1)11-5-6-14-7-11/h1-4,11,13H,5-9H2. The van der Waals surface area contributed by atoms with Crippen LogP contribution < -0.4 is 4.74 Å². The lowest BCUT2D eigenvalue weighted by atomic mass is 9.99. The van der Waals surface area contributed by atoms with E-state index in [0.717, 1.165) is 32.0 Å². The van der Waals surface area contributed by atoms with E-state index in [1.807, 2.05) is 12.1 Å². The summed E-state index contributed by atoms with van der Waals surface area (Å²) in [5.74, 6) is 1.50. The molecule has 0 spiro atoms. The van der Waals surface area contributed by atoms with E-state index in [2.05, 4.69) is 12.1 Å². The Kier molecular flexibility index (Phi) is 2.80. The van der Waals surface area contributed by atoms with Crippen molar-refractivity contribution in [3.63, 3.8) is 0 Å². The summed E-state index contributed by atoms with van der Waals surface area (Å²) in [7, 11) is 0. The highest BCUT2D eigenvalue weighted by Gasteiger charge is 2.23. The van der Waals surface area contributed by atoms with E-state index in [9.17, 15) is 0 Å². The van der Waals surface area contributed by atoms with Crippen LogP contribution in [-0.4, -0.2) is 32.5 Å². The molecule has 2 fully saturated rings. The third kappa shape index (κ3) is 2.36. The molecule has 1 aromatic carbocycles. The first-order valence-corrected chi connectivity index (χ1v) is 5.84. The first-order valence-electron chi connectivity index (χ1n) is 5.84. The Morgan fingerprint density at radius 3 is 2.62 bits per heavy atom. The molecule has 0 radical (unpaired) electrons. The van der Waals surface area contributed by atoms with Gasteiger partial charge in [-0.2, -0.15) is 0 Å². The minimum absolute atomic E-state index is 0.322. The molecule has 16 heavy (non-hydrogen) atoms. The molecule has 3 heteroatoms. The Balaban J connectivity index is 1.59. The molecule has 2 heterocycles. The van der Waals surface area contributed by atoms with Gasteiger partial charge < -0.3 is 14.2 Å². The Labute approximate surface area is 95.3 Å². The van der Waals surface area contributed by atoms with Gasteiger partial charge in [-0.1, -0.05) is 12.1 Å². The predicted octanol–water partition coefficient (Wildman–Crippen LogP) is 1.97. The topological polar surface area (TPSA) is 31.0 Å². The summed E-state index contributed by atoms with van der Waals surface area (Å²) in [4.78, 5) is 0. The van der Waals surface area contributed by atoms with Gasteiger partial charge in [-0.3, -0.25) is 0 Å². The van der Waals surface area contributed by atoms with E-state index in [0.29, 0.717) is 18.6 Å². The SMILES string of the molecule is c1cc(C2CCOC2)ccc1OCC1CO1. The normalized spacial score (nSPS) is 28.0. The Morgan fingerprint density at radius 2 is 2.00 bits per heavy atom. The van der Waals surface area contributed by atoms with Gasteiger partial charge in [-0.25, -0.2) is 0 Å². The van der Waals surface area contributed by atoms with Crippen LogP contribution in [0.4, 0.5) is 0 Å². The molecular formula is C13H16O3. The van der Waals surface area contributed by atoms with E-state index in [1.54, 1.807) is 0 Å². The fourth-order valence-electron chi connectivity index (χ4n) is 1.99. The van der Waals surface area contributed by atoms with Crippen molar-refractivity contribution in [2.24, 2.45) is 0 Å². The lowest BCUT2D eigenvalue weighted by molar-refractivity contribution is 0.194. The van der Waals surface area contributed by atoms with Gasteiger partial charge in [0.2, 0.25) is 0 Å². The van der Waals surface area contributed by atoms with Crippen LogP contribution in [0.25, 0.3) is 0 Å². The van der Waals surface area contributed by atoms with Crippen LogP contribution >= 0.6 is 0 Å². The minimum Gasteiger partial charge on any atom is -0.491 e. The zero-order valence-corrected chi connectivity index (χ0v) is 9.22. The van der Waals surface area contributed by atoms with Gasteiger partial charge in [0.15, 0.2) is 0 Å². The highest BCUT2D eigenvalue weighted by molar-refractivity contribution is 5.29. The summed E-state index contributed by atoms with van der Waals surface area (Å²) in [6.07, 6.45) is 1.46. The van der Waals surface area contributed by atoms with Crippen LogP contribution in [0.1, 0.15) is 17.9 Å². The van der Waals surface area contributed by atoms with Gasteiger partial charge in [0.05, 0.1) is 13.2 Å². The highest BCUT2D eigenvalue weighted by Crippen LogP contribution is 2.26. The van der Waals surface area contributed by atoms with Crippen molar-refractivity contribution in [2.45, 2.75) is 18.4 Å². The van der Waals surface area contributed by atoms with E-state index >= 15 is 0 Å². The molecule has 2 aliphatic rings. The average Bonchev–Trinajstić information content (AvgIpc) is 3.00. The predicted molar refractivity (Wildman–Crippen MR) is 59.9 cm³/mol. The van der Waals surface area contributed by atoms with Crippen LogP contribution in [0.2, 0.25) is 0 Å². The monoisotopic (exact) mass is 220 g/mol. The maximum atomic E-state index is 5.59. The van der Waals surface area contributed by atoms with Gasteiger partial charge in [0, 0.05) is 12.5 Å². The molecule has 3 rings (SSSR count). The molecule has 86 valence electrons. The summed E-state index contributed by atoms with van der Waals surface area (Å²) in [6.45, 7) is 3.27. The van der Waals surface area contributed by atoms with Crippen LogP contribution in [0.3, 0.4) is 0 Å². The molecule has 3 nitrogen and oxygen atoms in total. The Hall–Kier alpha value is -1.06. The van der Waals surface area contributed by atoms with E-state index in [1.165, 1.54) is 5.56 Å². The second-order valence-corrected chi connectivity index (χ2v) is 4.40. The zero-order valence-electron chi connectivity index (χ0n) is 9.22. The molecule has 0 bridgehead atoms. The summed E-state index contributed by atoms with van der Waals surface area (Å²) in [5.41, 5.74) is 1.35. The van der Waals surface area contributed by atoms with Crippen molar-refractivity contribution >= 4 is 0 Å². The van der Waals surface area contributed by atoms with Crippen LogP contribution in [0, 0.1) is 0 Å². The Bertz CT molecular complexity index is 337. The second kappa shape index (κ2) is 4.44. The van der Waals surface area contributed by atoms with Gasteiger partial charge in [0.25, 0.3) is 0 Å². The molecule has 2 saturated heterocycles. The van der Waals surface area contributed by atoms with Gasteiger partial charge in [-0.05, 0) is 24.1 Å². The molecule has 0 saturated carbocycles. The molecule has 2 aliphatic heterocycles. The molecule has 0 N–H and O–H groups in total. The average molecular weight is 220 g/mol. The molecule has 2 unspecified atom stereocenters. The van der Waals surface area contributed by atoms with Gasteiger partial charge in [0.1, 0.15) is 18.5 Å². The van der Waals surface area contributed by atoms with Crippen molar-refractivity contribution in [1.29, 1.82) is 0 Å². The maximum absolute atomic E-state index is 5.59. The summed E-state index contributed by atoms with van der Waals surface area (Å²) < 4.78 is 16.1. The van der Waals surface area contributed by atoms with Crippen LogP contribution in [-0.2, 0) is 9.47 Å². The number of ether oxygens (including phenoxy) is 3. The van der Waals surface area contributed by atoms with Crippen molar-refractivity contribution in [1.82, 2.24) is 0 Å². The number of hydrogen-bond acceptors (Lipinski definition) is 3. The fraction of sp³-hybridized carbons (Fsp3) is 0.538. The third-order valence-corrected chi connectivity index (χ3v) is 3.12. The minimum atomic E-state index is 0.322. The molecule has 0 aromatic heterocycles. The Morgan fingerprint density at radius 1 is 1.19 bits per heavy atom. The van der Waals surface area contributed by atoms with E-state index < -0.39 is 0 Å². The third-order valence-electron chi connectivity index (χ3n) is 3.12. The van der Waals surface area contributed by atoms with Gasteiger partial charge in [-0.15, -0.1) is 0 Å². The summed E-state index contributed by atoms with van der Waals surface area (Å²) in [6, 6.07) is 8.36. The molecular weight excluding hydrogens is 204 g/mol. The van der Waals surface area contributed by atoms with Crippen molar-refractivity contribution in [3.05, 3.63) is 29.8 Å². The number of benzene rings is 1. The summed E-state index contributed by atoms with van der Waals surface area (Å²) in [5, 5.41) is 0. The largest absolute Gasteiger partial charge is 0.491 e. The molecule has 1 aromatic rings. The number of rotatable bonds is 4. The quantitative estimate of drug-likeness (QED) is 0.727. The lowest BCUT2D eigenvalue weighted by Crippen LogP contribution is -2.04. The summed E-state index contributed by atoms with van der Waals surface area (Å²) >= 11 is 0. The molecule has 2 atom stereocenters. The van der Waals surface area contributed by atoms with Crippen molar-refractivity contribution in [2.75, 3.05) is 26.4 Å². The maximum Gasteiger partial charge on any atom is 0.119 e. The second-order valence-electron chi connectivity index (χ2n) is 4.40. The lowest BCUT2D eigenvalue weighted by Gasteiger charge is -2.09. The van der Waals surface area contributed by atoms with Crippen LogP contribution in [0.15, 0.2) is 24.3 Å². The van der Waals surface area contributed by atoms with Crippen LogP contribution in [0.5, 0.6) is 5.75 Å². The first kappa shape index (κ1) is 10.1. The molecule has 0 amide bonds. The van der Waals surface area contributed by atoms with Gasteiger partial charge >= 0.3 is 0 Å². The van der Waals surface area contributed by atoms with Crippen molar-refractivity contribution in [3.8, 4) is 5.75 Å². The number of hydrogen-bond donors (Lipinski definition) is 0. The highest BCUT2D eigenvalue weighted by atomic mass is 16.6. The first-order chi connectivity index (χ1) is 7.92. The van der Waals surface area contributed by atoms with Crippen molar-refractivity contribution < 1.29 is 14.2 Å². The number of epoxide rings is 1. The smallest absolute Gasteiger partial charge is 0.119 e. The zero-order chi connectivity index (χ0) is 10.8. The van der Waals surface area contributed by atoms with E-state index in [-0.39, 0.29) is 0 Å². The van der Waals surface area contributed by atoms with E-state index in [4.69, 9.17) is 14.2 Å². The fourth-order valence-corrected chi connectivity index (χ4v) is 1.99.